The van der Waals surface area contributed by atoms with Gasteiger partial charge in [0, 0.05) is 17.8 Å². The molecule has 4 nitrogen and oxygen atoms in total. The summed E-state index contributed by atoms with van der Waals surface area (Å²) in [6.45, 7) is 4.62. The van der Waals surface area contributed by atoms with Crippen LogP contribution in [0.15, 0.2) is 72.8 Å². The fraction of sp³-hybridized carbons (Fsp3) is 0.240. The Morgan fingerprint density at radius 1 is 1.00 bits per heavy atom. The molecule has 0 aliphatic heterocycles. The van der Waals surface area contributed by atoms with Crippen LogP contribution in [0, 0.1) is 13.8 Å². The number of anilines is 1. The van der Waals surface area contributed by atoms with E-state index in [1.165, 1.54) is 0 Å². The smallest absolute Gasteiger partial charge is 0.246 e. The number of ether oxygens (including phenoxy) is 1. The van der Waals surface area contributed by atoms with Crippen LogP contribution in [0.25, 0.3) is 0 Å². The van der Waals surface area contributed by atoms with Crippen molar-refractivity contribution in [3.63, 3.8) is 0 Å². The number of aryl methyl sites for hydroxylation is 2. The van der Waals surface area contributed by atoms with Gasteiger partial charge in [0.05, 0.1) is 7.11 Å². The number of rotatable bonds is 7. The Kier molecular flexibility index (Phi) is 6.68. The third-order valence-electron chi connectivity index (χ3n) is 5.07. The van der Waals surface area contributed by atoms with Gasteiger partial charge in [-0.05, 0) is 49.7 Å². The summed E-state index contributed by atoms with van der Waals surface area (Å²) >= 11 is 0. The normalized spacial score (nSPS) is 11.9. The quantitative estimate of drug-likeness (QED) is 0.610. The number of benzene rings is 3. The second-order valence-corrected chi connectivity index (χ2v) is 7.35. The summed E-state index contributed by atoms with van der Waals surface area (Å²) in [5.41, 5.74) is 5.00. The van der Waals surface area contributed by atoms with Gasteiger partial charge < -0.3 is 10.1 Å². The summed E-state index contributed by atoms with van der Waals surface area (Å²) in [4.78, 5) is 15.4. The zero-order valence-corrected chi connectivity index (χ0v) is 17.5. The molecule has 0 unspecified atom stereocenters. The number of nitrogens with one attached hydrogen (secondary N) is 1. The maximum atomic E-state index is 13.4. The van der Waals surface area contributed by atoms with Crippen LogP contribution in [0.4, 0.5) is 5.69 Å². The number of likely N-dealkylation sites (N-methyl/N-ethyl adjacent to an activating group) is 1. The van der Waals surface area contributed by atoms with Crippen LogP contribution in [0.1, 0.15) is 28.3 Å². The number of para-hydroxylation sites is 1. The molecular weight excluding hydrogens is 360 g/mol. The molecule has 1 N–H and O–H groups in total. The molecule has 4 heteroatoms. The lowest BCUT2D eigenvalue weighted by Gasteiger charge is -2.28. The zero-order chi connectivity index (χ0) is 20.8. The SMILES string of the molecule is COc1ccccc1CN(C)[C@@H](C(=O)Nc1cc(C)ccc1C)c1ccccc1. The minimum absolute atomic E-state index is 0.0534. The standard InChI is InChI=1S/C25H28N2O2/c1-18-14-15-19(2)22(16-18)26-25(28)24(20-10-6-5-7-11-20)27(3)17-21-12-8-9-13-23(21)29-4/h5-16,24H,17H2,1-4H3,(H,26,28)/t24-/m1/s1. The molecule has 0 bridgehead atoms. The average molecular weight is 389 g/mol. The van der Waals surface area contributed by atoms with Gasteiger partial charge in [-0.15, -0.1) is 0 Å². The van der Waals surface area contributed by atoms with Crippen molar-refractivity contribution in [1.82, 2.24) is 4.90 Å². The molecule has 150 valence electrons. The van der Waals surface area contributed by atoms with Crippen molar-refractivity contribution < 1.29 is 9.53 Å². The van der Waals surface area contributed by atoms with Crippen molar-refractivity contribution in [2.45, 2.75) is 26.4 Å². The summed E-state index contributed by atoms with van der Waals surface area (Å²) in [5, 5.41) is 3.13. The highest BCUT2D eigenvalue weighted by Crippen LogP contribution is 2.27. The van der Waals surface area contributed by atoms with E-state index in [0.29, 0.717) is 6.54 Å². The highest BCUT2D eigenvalue weighted by molar-refractivity contribution is 5.96. The first-order chi connectivity index (χ1) is 14.0. The minimum atomic E-state index is -0.430. The second kappa shape index (κ2) is 9.39. The first-order valence-electron chi connectivity index (χ1n) is 9.75. The van der Waals surface area contributed by atoms with E-state index in [9.17, 15) is 4.79 Å². The Bertz CT molecular complexity index is 970. The number of methoxy groups -OCH3 is 1. The number of nitrogens with zero attached hydrogens (tertiary/aromatic N) is 1. The lowest BCUT2D eigenvalue weighted by Crippen LogP contribution is -2.34. The van der Waals surface area contributed by atoms with E-state index in [-0.39, 0.29) is 5.91 Å². The molecule has 1 amide bonds. The number of carbonyl (C=O) groups is 1. The van der Waals surface area contributed by atoms with Crippen LogP contribution in [0.3, 0.4) is 0 Å². The van der Waals surface area contributed by atoms with Crippen LogP contribution in [0.2, 0.25) is 0 Å². The molecule has 0 radical (unpaired) electrons. The van der Waals surface area contributed by atoms with E-state index in [1.807, 2.05) is 98.6 Å². The predicted molar refractivity (Wildman–Crippen MR) is 118 cm³/mol. The number of amides is 1. The number of hydrogen-bond donors (Lipinski definition) is 1. The van der Waals surface area contributed by atoms with Crippen molar-refractivity contribution in [1.29, 1.82) is 0 Å². The van der Waals surface area contributed by atoms with Gasteiger partial charge in [0.2, 0.25) is 5.91 Å². The molecule has 0 fully saturated rings. The van der Waals surface area contributed by atoms with Crippen molar-refractivity contribution in [3.05, 3.63) is 95.1 Å². The third kappa shape index (κ3) is 5.04. The third-order valence-corrected chi connectivity index (χ3v) is 5.07. The lowest BCUT2D eigenvalue weighted by molar-refractivity contribution is -0.121. The Labute approximate surface area is 173 Å². The molecule has 3 rings (SSSR count). The molecule has 0 aliphatic rings. The Morgan fingerprint density at radius 2 is 1.69 bits per heavy atom. The maximum absolute atomic E-state index is 13.4. The Morgan fingerprint density at radius 3 is 2.41 bits per heavy atom. The van der Waals surface area contributed by atoms with Gasteiger partial charge >= 0.3 is 0 Å². The Balaban J connectivity index is 1.90. The highest BCUT2D eigenvalue weighted by Gasteiger charge is 2.26. The van der Waals surface area contributed by atoms with Crippen molar-refractivity contribution >= 4 is 11.6 Å². The molecule has 3 aromatic carbocycles. The first kappa shape index (κ1) is 20.6. The zero-order valence-electron chi connectivity index (χ0n) is 17.5. The van der Waals surface area contributed by atoms with E-state index in [4.69, 9.17) is 4.74 Å². The van der Waals surface area contributed by atoms with Crippen LogP contribution in [-0.4, -0.2) is 25.0 Å². The largest absolute Gasteiger partial charge is 0.496 e. The molecule has 0 heterocycles. The van der Waals surface area contributed by atoms with E-state index >= 15 is 0 Å². The summed E-state index contributed by atoms with van der Waals surface area (Å²) in [6, 6.07) is 23.4. The van der Waals surface area contributed by atoms with E-state index in [2.05, 4.69) is 5.32 Å². The molecule has 0 saturated carbocycles. The fourth-order valence-electron chi connectivity index (χ4n) is 3.51. The van der Waals surface area contributed by atoms with Gasteiger partial charge in [0.1, 0.15) is 11.8 Å². The Hall–Kier alpha value is -3.11. The fourth-order valence-corrected chi connectivity index (χ4v) is 3.51. The second-order valence-electron chi connectivity index (χ2n) is 7.35. The van der Waals surface area contributed by atoms with Gasteiger partial charge in [-0.3, -0.25) is 9.69 Å². The summed E-state index contributed by atoms with van der Waals surface area (Å²) in [5.74, 6) is 0.767. The number of carbonyl (C=O) groups excluding carboxylic acids is 1. The van der Waals surface area contributed by atoms with Gasteiger partial charge in [-0.25, -0.2) is 0 Å². The monoisotopic (exact) mass is 388 g/mol. The predicted octanol–water partition coefficient (Wildman–Crippen LogP) is 5.12. The van der Waals surface area contributed by atoms with E-state index < -0.39 is 6.04 Å². The average Bonchev–Trinajstić information content (AvgIpc) is 2.72. The van der Waals surface area contributed by atoms with Crippen molar-refractivity contribution in [3.8, 4) is 5.75 Å². The lowest BCUT2D eigenvalue weighted by atomic mass is 10.0. The minimum Gasteiger partial charge on any atom is -0.496 e. The van der Waals surface area contributed by atoms with Crippen molar-refractivity contribution in [2.24, 2.45) is 0 Å². The summed E-state index contributed by atoms with van der Waals surface area (Å²) in [6.07, 6.45) is 0. The molecule has 0 aromatic heterocycles. The van der Waals surface area contributed by atoms with Gasteiger partial charge in [0.25, 0.3) is 0 Å². The van der Waals surface area contributed by atoms with E-state index in [0.717, 1.165) is 33.7 Å². The summed E-state index contributed by atoms with van der Waals surface area (Å²) in [7, 11) is 3.63. The van der Waals surface area contributed by atoms with Crippen LogP contribution in [0.5, 0.6) is 5.75 Å². The maximum Gasteiger partial charge on any atom is 0.246 e. The molecule has 0 aliphatic carbocycles. The molecular formula is C25H28N2O2. The van der Waals surface area contributed by atoms with Gasteiger partial charge in [0.15, 0.2) is 0 Å². The topological polar surface area (TPSA) is 41.6 Å². The molecule has 0 saturated heterocycles. The van der Waals surface area contributed by atoms with E-state index in [1.54, 1.807) is 7.11 Å². The molecule has 0 spiro atoms. The number of hydrogen-bond acceptors (Lipinski definition) is 3. The molecule has 3 aromatic rings. The van der Waals surface area contributed by atoms with Crippen LogP contribution in [-0.2, 0) is 11.3 Å². The van der Waals surface area contributed by atoms with Crippen LogP contribution >= 0.6 is 0 Å². The van der Waals surface area contributed by atoms with Gasteiger partial charge in [-0.1, -0.05) is 60.7 Å². The molecule has 1 atom stereocenters. The first-order valence-corrected chi connectivity index (χ1v) is 9.75. The van der Waals surface area contributed by atoms with Gasteiger partial charge in [-0.2, -0.15) is 0 Å². The summed E-state index contributed by atoms with van der Waals surface area (Å²) < 4.78 is 5.49. The van der Waals surface area contributed by atoms with Crippen LogP contribution < -0.4 is 10.1 Å². The van der Waals surface area contributed by atoms with Crippen molar-refractivity contribution in [2.75, 3.05) is 19.5 Å². The highest BCUT2D eigenvalue weighted by atomic mass is 16.5. The molecule has 29 heavy (non-hydrogen) atoms.